The second-order valence-electron chi connectivity index (χ2n) is 6.36. The lowest BCUT2D eigenvalue weighted by molar-refractivity contribution is 0.379. The topological polar surface area (TPSA) is 72.2 Å². The van der Waals surface area contributed by atoms with Gasteiger partial charge in [0.1, 0.15) is 0 Å². The summed E-state index contributed by atoms with van der Waals surface area (Å²) in [6, 6.07) is 15.8. The Morgan fingerprint density at radius 1 is 1.13 bits per heavy atom. The lowest BCUT2D eigenvalue weighted by atomic mass is 10.00. The second-order valence-corrected chi connectivity index (χ2v) is 7.92. The van der Waals surface area contributed by atoms with Gasteiger partial charge in [-0.2, -0.15) is 0 Å². The third-order valence-electron chi connectivity index (χ3n) is 4.64. The highest BCUT2D eigenvalue weighted by molar-refractivity contribution is 7.89. The number of primary sulfonamides is 1. The molecule has 5 heteroatoms. The van der Waals surface area contributed by atoms with Crippen LogP contribution in [-0.2, 0) is 16.4 Å². The largest absolute Gasteiger partial charge is 0.303 e. The molecule has 3 rings (SSSR count). The van der Waals surface area contributed by atoms with Crippen LogP contribution >= 0.6 is 0 Å². The Morgan fingerprint density at radius 2 is 1.78 bits per heavy atom. The van der Waals surface area contributed by atoms with Crippen molar-refractivity contribution < 1.29 is 8.42 Å². The first-order valence-electron chi connectivity index (χ1n) is 7.83. The van der Waals surface area contributed by atoms with Crippen molar-refractivity contribution in [2.75, 3.05) is 0 Å². The molecule has 0 bridgehead atoms. The summed E-state index contributed by atoms with van der Waals surface area (Å²) in [7, 11) is -3.64. The first kappa shape index (κ1) is 16.2. The Balaban J connectivity index is 1.78. The van der Waals surface area contributed by atoms with E-state index in [-0.39, 0.29) is 10.9 Å². The van der Waals surface area contributed by atoms with E-state index in [0.717, 1.165) is 12.0 Å². The molecule has 4 nitrogen and oxygen atoms in total. The fraction of sp³-hybridized carbons (Fsp3) is 0.333. The van der Waals surface area contributed by atoms with Gasteiger partial charge < -0.3 is 5.32 Å². The summed E-state index contributed by atoms with van der Waals surface area (Å²) in [4.78, 5) is 0.146. The number of benzene rings is 2. The molecule has 3 N–H and O–H groups in total. The standard InChI is InChI=1S/C18H22N2O2S/c1-12-11-15-5-3-4-6-17(15)18(12)20-13(2)14-7-9-16(10-8-14)23(19,21)22/h3-10,12-13,18,20H,11H2,1-2H3,(H2,19,21,22)/t12-,13-,18+/m0/s1. The summed E-state index contributed by atoms with van der Waals surface area (Å²) < 4.78 is 22.7. The molecule has 0 fully saturated rings. The highest BCUT2D eigenvalue weighted by atomic mass is 32.2. The minimum Gasteiger partial charge on any atom is -0.303 e. The maximum atomic E-state index is 11.3. The Kier molecular flexibility index (Phi) is 4.27. The third kappa shape index (κ3) is 3.32. The number of fused-ring (bicyclic) bond motifs is 1. The van der Waals surface area contributed by atoms with Gasteiger partial charge in [0, 0.05) is 12.1 Å². The van der Waals surface area contributed by atoms with Gasteiger partial charge in [-0.1, -0.05) is 43.3 Å². The van der Waals surface area contributed by atoms with Gasteiger partial charge in [0.05, 0.1) is 4.90 Å². The lowest BCUT2D eigenvalue weighted by Gasteiger charge is -2.24. The predicted molar refractivity (Wildman–Crippen MR) is 91.4 cm³/mol. The first-order chi connectivity index (χ1) is 10.9. The van der Waals surface area contributed by atoms with Crippen LogP contribution < -0.4 is 10.5 Å². The van der Waals surface area contributed by atoms with Crippen LogP contribution in [0.15, 0.2) is 53.4 Å². The van der Waals surface area contributed by atoms with Crippen LogP contribution in [0.2, 0.25) is 0 Å². The quantitative estimate of drug-likeness (QED) is 0.905. The van der Waals surface area contributed by atoms with Crippen molar-refractivity contribution >= 4 is 10.0 Å². The fourth-order valence-electron chi connectivity index (χ4n) is 3.36. The minimum atomic E-state index is -3.64. The first-order valence-corrected chi connectivity index (χ1v) is 9.37. The van der Waals surface area contributed by atoms with Crippen LogP contribution in [-0.4, -0.2) is 8.42 Å². The maximum Gasteiger partial charge on any atom is 0.238 e. The molecule has 0 saturated heterocycles. The van der Waals surface area contributed by atoms with Gasteiger partial charge in [0.15, 0.2) is 0 Å². The second kappa shape index (κ2) is 6.07. The van der Waals surface area contributed by atoms with Crippen molar-refractivity contribution in [2.24, 2.45) is 11.1 Å². The number of hydrogen-bond donors (Lipinski definition) is 2. The van der Waals surface area contributed by atoms with Crippen LogP contribution in [0.3, 0.4) is 0 Å². The molecule has 0 amide bonds. The van der Waals surface area contributed by atoms with Gasteiger partial charge in [-0.05, 0) is 48.1 Å². The lowest BCUT2D eigenvalue weighted by Crippen LogP contribution is -2.27. The van der Waals surface area contributed by atoms with Crippen LogP contribution in [0.25, 0.3) is 0 Å². The van der Waals surface area contributed by atoms with Crippen LogP contribution in [0.5, 0.6) is 0 Å². The summed E-state index contributed by atoms with van der Waals surface area (Å²) in [6.07, 6.45) is 1.09. The summed E-state index contributed by atoms with van der Waals surface area (Å²) in [5, 5.41) is 8.82. The summed E-state index contributed by atoms with van der Waals surface area (Å²) in [5.41, 5.74) is 3.83. The van der Waals surface area contributed by atoms with Gasteiger partial charge in [-0.25, -0.2) is 13.6 Å². The van der Waals surface area contributed by atoms with E-state index in [0.29, 0.717) is 12.0 Å². The van der Waals surface area contributed by atoms with E-state index in [9.17, 15) is 8.42 Å². The van der Waals surface area contributed by atoms with Gasteiger partial charge in [0.25, 0.3) is 0 Å². The minimum absolute atomic E-state index is 0.128. The van der Waals surface area contributed by atoms with E-state index in [4.69, 9.17) is 5.14 Å². The van der Waals surface area contributed by atoms with Crippen molar-refractivity contribution in [1.29, 1.82) is 0 Å². The van der Waals surface area contributed by atoms with E-state index >= 15 is 0 Å². The molecule has 0 radical (unpaired) electrons. The van der Waals surface area contributed by atoms with Crippen LogP contribution in [0, 0.1) is 5.92 Å². The van der Waals surface area contributed by atoms with Crippen LogP contribution in [0.4, 0.5) is 0 Å². The summed E-state index contributed by atoms with van der Waals surface area (Å²) in [5.74, 6) is 0.540. The molecule has 122 valence electrons. The molecule has 0 saturated carbocycles. The van der Waals surface area contributed by atoms with Crippen molar-refractivity contribution in [2.45, 2.75) is 37.2 Å². The molecule has 1 aliphatic carbocycles. The number of rotatable bonds is 4. The Bertz CT molecular complexity index is 800. The molecule has 0 heterocycles. The van der Waals surface area contributed by atoms with E-state index in [1.165, 1.54) is 11.1 Å². The molecule has 0 aromatic heterocycles. The maximum absolute atomic E-state index is 11.3. The van der Waals surface area contributed by atoms with E-state index in [2.05, 4.69) is 43.4 Å². The Labute approximate surface area is 137 Å². The third-order valence-corrected chi connectivity index (χ3v) is 5.57. The molecule has 2 aromatic carbocycles. The fourth-order valence-corrected chi connectivity index (χ4v) is 3.88. The normalized spacial score (nSPS) is 21.9. The highest BCUT2D eigenvalue weighted by Crippen LogP contribution is 2.37. The Hall–Kier alpha value is -1.69. The number of nitrogens with two attached hydrogens (primary N) is 1. The van der Waals surface area contributed by atoms with Crippen LogP contribution in [0.1, 0.15) is 42.6 Å². The molecule has 1 aliphatic rings. The molecule has 3 atom stereocenters. The average Bonchev–Trinajstić information content (AvgIpc) is 2.82. The highest BCUT2D eigenvalue weighted by Gasteiger charge is 2.29. The number of nitrogens with one attached hydrogen (secondary N) is 1. The zero-order chi connectivity index (χ0) is 16.6. The molecule has 2 aromatic rings. The molecule has 0 unspecified atom stereocenters. The zero-order valence-corrected chi connectivity index (χ0v) is 14.2. The molecule has 23 heavy (non-hydrogen) atoms. The van der Waals surface area contributed by atoms with Crippen molar-refractivity contribution in [3.05, 3.63) is 65.2 Å². The SMILES string of the molecule is C[C@H](N[C@H]1c2ccccc2C[C@@H]1C)c1ccc(S(N)(=O)=O)cc1. The summed E-state index contributed by atoms with van der Waals surface area (Å²) in [6.45, 7) is 4.36. The van der Waals surface area contributed by atoms with Gasteiger partial charge in [0.2, 0.25) is 10.0 Å². The average molecular weight is 330 g/mol. The number of sulfonamides is 1. The smallest absolute Gasteiger partial charge is 0.238 e. The Morgan fingerprint density at radius 3 is 2.43 bits per heavy atom. The van der Waals surface area contributed by atoms with E-state index in [1.54, 1.807) is 12.1 Å². The van der Waals surface area contributed by atoms with E-state index in [1.807, 2.05) is 12.1 Å². The summed E-state index contributed by atoms with van der Waals surface area (Å²) >= 11 is 0. The predicted octanol–water partition coefficient (Wildman–Crippen LogP) is 2.92. The van der Waals surface area contributed by atoms with Crippen molar-refractivity contribution in [3.8, 4) is 0 Å². The van der Waals surface area contributed by atoms with E-state index < -0.39 is 10.0 Å². The number of hydrogen-bond acceptors (Lipinski definition) is 3. The van der Waals surface area contributed by atoms with Crippen molar-refractivity contribution in [3.63, 3.8) is 0 Å². The molecule has 0 aliphatic heterocycles. The van der Waals surface area contributed by atoms with Crippen molar-refractivity contribution in [1.82, 2.24) is 5.32 Å². The molecular formula is C18H22N2O2S. The molecule has 0 spiro atoms. The van der Waals surface area contributed by atoms with Gasteiger partial charge >= 0.3 is 0 Å². The van der Waals surface area contributed by atoms with Gasteiger partial charge in [-0.15, -0.1) is 0 Å². The van der Waals surface area contributed by atoms with Gasteiger partial charge in [-0.3, -0.25) is 0 Å². The zero-order valence-electron chi connectivity index (χ0n) is 13.4. The monoisotopic (exact) mass is 330 g/mol. The molecular weight excluding hydrogens is 308 g/mol.